The SMILES string of the molecule is C=CCNC(=O)[C@@H]1CCNC1.Cl. The summed E-state index contributed by atoms with van der Waals surface area (Å²) in [5.74, 6) is 0.324. The van der Waals surface area contributed by atoms with Crippen LogP contribution in [0.25, 0.3) is 0 Å². The number of carbonyl (C=O) groups excluding carboxylic acids is 1. The predicted octanol–water partition coefficient (Wildman–Crippen LogP) is 0.320. The minimum Gasteiger partial charge on any atom is -0.352 e. The zero-order chi connectivity index (χ0) is 8.10. The fourth-order valence-electron chi connectivity index (χ4n) is 1.20. The molecule has 12 heavy (non-hydrogen) atoms. The molecule has 1 atom stereocenters. The molecule has 0 spiro atoms. The van der Waals surface area contributed by atoms with Gasteiger partial charge in [-0.1, -0.05) is 6.08 Å². The van der Waals surface area contributed by atoms with Crippen molar-refractivity contribution in [1.82, 2.24) is 10.6 Å². The molecular formula is C8H15ClN2O. The Morgan fingerprint density at radius 3 is 3.00 bits per heavy atom. The van der Waals surface area contributed by atoms with Crippen molar-refractivity contribution in [1.29, 1.82) is 0 Å². The predicted molar refractivity (Wildman–Crippen MR) is 51.4 cm³/mol. The first kappa shape index (κ1) is 11.5. The zero-order valence-corrected chi connectivity index (χ0v) is 7.82. The molecule has 0 aromatic heterocycles. The second-order valence-electron chi connectivity index (χ2n) is 2.72. The number of carbonyl (C=O) groups is 1. The van der Waals surface area contributed by atoms with Crippen molar-refractivity contribution in [2.75, 3.05) is 19.6 Å². The van der Waals surface area contributed by atoms with Crippen molar-refractivity contribution in [3.63, 3.8) is 0 Å². The summed E-state index contributed by atoms with van der Waals surface area (Å²) in [6.07, 6.45) is 2.66. The second-order valence-corrected chi connectivity index (χ2v) is 2.72. The van der Waals surface area contributed by atoms with E-state index in [9.17, 15) is 4.79 Å². The van der Waals surface area contributed by atoms with Gasteiger partial charge in [0.25, 0.3) is 0 Å². The van der Waals surface area contributed by atoms with E-state index in [4.69, 9.17) is 0 Å². The quantitative estimate of drug-likeness (QED) is 0.630. The van der Waals surface area contributed by atoms with Crippen LogP contribution in [0.1, 0.15) is 6.42 Å². The van der Waals surface area contributed by atoms with Crippen LogP contribution in [0.5, 0.6) is 0 Å². The average molecular weight is 191 g/mol. The van der Waals surface area contributed by atoms with Gasteiger partial charge in [-0.25, -0.2) is 0 Å². The van der Waals surface area contributed by atoms with Gasteiger partial charge in [-0.05, 0) is 13.0 Å². The van der Waals surface area contributed by atoms with Crippen LogP contribution in [-0.2, 0) is 4.79 Å². The summed E-state index contributed by atoms with van der Waals surface area (Å²) in [6.45, 7) is 5.89. The molecule has 3 nitrogen and oxygen atoms in total. The molecular weight excluding hydrogens is 176 g/mol. The van der Waals surface area contributed by atoms with Crippen molar-refractivity contribution in [2.24, 2.45) is 5.92 Å². The zero-order valence-electron chi connectivity index (χ0n) is 7.01. The van der Waals surface area contributed by atoms with E-state index in [1.54, 1.807) is 6.08 Å². The van der Waals surface area contributed by atoms with E-state index in [1.165, 1.54) is 0 Å². The molecule has 70 valence electrons. The van der Waals surface area contributed by atoms with Gasteiger partial charge >= 0.3 is 0 Å². The molecule has 0 saturated carbocycles. The van der Waals surface area contributed by atoms with Crippen molar-refractivity contribution in [2.45, 2.75) is 6.42 Å². The van der Waals surface area contributed by atoms with E-state index in [0.717, 1.165) is 19.5 Å². The third-order valence-electron chi connectivity index (χ3n) is 1.85. The van der Waals surface area contributed by atoms with Gasteiger partial charge in [0.15, 0.2) is 0 Å². The molecule has 1 heterocycles. The highest BCUT2D eigenvalue weighted by molar-refractivity contribution is 5.85. The Labute approximate surface area is 79.0 Å². The highest BCUT2D eigenvalue weighted by Crippen LogP contribution is 2.06. The Bertz CT molecular complexity index is 155. The van der Waals surface area contributed by atoms with Crippen LogP contribution in [0.15, 0.2) is 12.7 Å². The maximum atomic E-state index is 11.2. The summed E-state index contributed by atoms with van der Waals surface area (Å²) in [7, 11) is 0. The summed E-state index contributed by atoms with van der Waals surface area (Å²) in [5, 5.41) is 5.92. The molecule has 0 aromatic carbocycles. The molecule has 0 unspecified atom stereocenters. The molecule has 1 aliphatic rings. The molecule has 0 radical (unpaired) electrons. The summed E-state index contributed by atoms with van der Waals surface area (Å²) >= 11 is 0. The van der Waals surface area contributed by atoms with E-state index >= 15 is 0 Å². The molecule has 1 fully saturated rings. The number of nitrogens with one attached hydrogen (secondary N) is 2. The number of halogens is 1. The molecule has 0 bridgehead atoms. The van der Waals surface area contributed by atoms with Crippen molar-refractivity contribution >= 4 is 18.3 Å². The van der Waals surface area contributed by atoms with Crippen LogP contribution in [-0.4, -0.2) is 25.5 Å². The fourth-order valence-corrected chi connectivity index (χ4v) is 1.20. The highest BCUT2D eigenvalue weighted by atomic mass is 35.5. The number of amides is 1. The highest BCUT2D eigenvalue weighted by Gasteiger charge is 2.21. The Kier molecular flexibility index (Phi) is 5.76. The lowest BCUT2D eigenvalue weighted by atomic mass is 10.1. The maximum absolute atomic E-state index is 11.2. The van der Waals surface area contributed by atoms with Crippen LogP contribution in [0, 0.1) is 5.92 Å². The first-order chi connectivity index (χ1) is 5.34. The normalized spacial score (nSPS) is 21.2. The van der Waals surface area contributed by atoms with Crippen molar-refractivity contribution in [3.05, 3.63) is 12.7 Å². The minimum absolute atomic E-state index is 0. The molecule has 4 heteroatoms. The van der Waals surface area contributed by atoms with Gasteiger partial charge in [0.05, 0.1) is 5.92 Å². The molecule has 1 aliphatic heterocycles. The lowest BCUT2D eigenvalue weighted by molar-refractivity contribution is -0.124. The molecule has 1 rings (SSSR count). The summed E-state index contributed by atoms with van der Waals surface area (Å²) in [5.41, 5.74) is 0. The van der Waals surface area contributed by atoms with E-state index < -0.39 is 0 Å². The Hall–Kier alpha value is -0.540. The van der Waals surface area contributed by atoms with Gasteiger partial charge < -0.3 is 10.6 Å². The monoisotopic (exact) mass is 190 g/mol. The molecule has 0 aromatic rings. The van der Waals surface area contributed by atoms with Crippen LogP contribution in [0.4, 0.5) is 0 Å². The second kappa shape index (κ2) is 6.03. The first-order valence-electron chi connectivity index (χ1n) is 3.94. The lowest BCUT2D eigenvalue weighted by Gasteiger charge is -2.06. The topological polar surface area (TPSA) is 41.1 Å². The first-order valence-corrected chi connectivity index (χ1v) is 3.94. The average Bonchev–Trinajstić information content (AvgIpc) is 2.52. The van der Waals surface area contributed by atoms with Crippen molar-refractivity contribution in [3.8, 4) is 0 Å². The number of hydrogen-bond donors (Lipinski definition) is 2. The summed E-state index contributed by atoms with van der Waals surface area (Å²) < 4.78 is 0. The fraction of sp³-hybridized carbons (Fsp3) is 0.625. The van der Waals surface area contributed by atoms with Crippen LogP contribution < -0.4 is 10.6 Å². The van der Waals surface area contributed by atoms with E-state index in [-0.39, 0.29) is 24.2 Å². The number of hydrogen-bond acceptors (Lipinski definition) is 2. The Morgan fingerprint density at radius 2 is 2.50 bits per heavy atom. The molecule has 2 N–H and O–H groups in total. The van der Waals surface area contributed by atoms with Gasteiger partial charge in [-0.3, -0.25) is 4.79 Å². The van der Waals surface area contributed by atoms with Gasteiger partial charge in [0.2, 0.25) is 5.91 Å². The van der Waals surface area contributed by atoms with Gasteiger partial charge in [-0.15, -0.1) is 19.0 Å². The standard InChI is InChI=1S/C8H14N2O.ClH/c1-2-4-10-8(11)7-3-5-9-6-7;/h2,7,9H,1,3-6H2,(H,10,11);1H/t7-;/m1./s1. The van der Waals surface area contributed by atoms with Gasteiger partial charge in [-0.2, -0.15) is 0 Å². The molecule has 0 aliphatic carbocycles. The third kappa shape index (κ3) is 3.24. The summed E-state index contributed by atoms with van der Waals surface area (Å²) in [6, 6.07) is 0. The lowest BCUT2D eigenvalue weighted by Crippen LogP contribution is -2.31. The van der Waals surface area contributed by atoms with E-state index in [0.29, 0.717) is 6.54 Å². The largest absolute Gasteiger partial charge is 0.352 e. The van der Waals surface area contributed by atoms with Crippen molar-refractivity contribution < 1.29 is 4.79 Å². The van der Waals surface area contributed by atoms with Gasteiger partial charge in [0, 0.05) is 13.1 Å². The van der Waals surface area contributed by atoms with Crippen LogP contribution in [0.2, 0.25) is 0 Å². The molecule has 1 amide bonds. The summed E-state index contributed by atoms with van der Waals surface area (Å²) in [4.78, 5) is 11.2. The van der Waals surface area contributed by atoms with E-state index in [1.807, 2.05) is 0 Å². The third-order valence-corrected chi connectivity index (χ3v) is 1.85. The minimum atomic E-state index is 0. The van der Waals surface area contributed by atoms with Crippen LogP contribution >= 0.6 is 12.4 Å². The Morgan fingerprint density at radius 1 is 1.75 bits per heavy atom. The van der Waals surface area contributed by atoms with Crippen LogP contribution in [0.3, 0.4) is 0 Å². The van der Waals surface area contributed by atoms with Gasteiger partial charge in [0.1, 0.15) is 0 Å². The maximum Gasteiger partial charge on any atom is 0.224 e. The molecule has 1 saturated heterocycles. The van der Waals surface area contributed by atoms with E-state index in [2.05, 4.69) is 17.2 Å². The number of rotatable bonds is 3. The smallest absolute Gasteiger partial charge is 0.224 e. The Balaban J connectivity index is 0.00000121.